The Balaban J connectivity index is 1.81. The number of nitrogens with zero attached hydrogens (tertiary/aromatic N) is 1. The van der Waals surface area contributed by atoms with Crippen molar-refractivity contribution >= 4 is 27.7 Å². The highest BCUT2D eigenvalue weighted by molar-refractivity contribution is 7.89. The molecule has 0 saturated carbocycles. The molecule has 1 fully saturated rings. The number of hydrogen-bond acceptors (Lipinski definition) is 4. The number of piperidine rings is 1. The maximum atomic E-state index is 13.1. The minimum absolute atomic E-state index is 0.130. The zero-order valence-electron chi connectivity index (χ0n) is 17.4. The van der Waals surface area contributed by atoms with Crippen molar-refractivity contribution in [2.24, 2.45) is 0 Å². The van der Waals surface area contributed by atoms with E-state index in [1.807, 2.05) is 31.2 Å². The molecular formula is C23H28N2O4S. The summed E-state index contributed by atoms with van der Waals surface area (Å²) in [6.45, 7) is 3.07. The van der Waals surface area contributed by atoms with Gasteiger partial charge in [-0.3, -0.25) is 4.79 Å². The van der Waals surface area contributed by atoms with Gasteiger partial charge >= 0.3 is 0 Å². The molecule has 6 nitrogen and oxygen atoms in total. The summed E-state index contributed by atoms with van der Waals surface area (Å²) in [6.07, 6.45) is 6.60. The SMILES string of the molecule is CCc1ccccc1NC(=O)/C=C/c1ccc(OC)c(S(=O)(=O)N2CCCCC2)c1. The van der Waals surface area contributed by atoms with Crippen LogP contribution in [-0.4, -0.2) is 38.8 Å². The summed E-state index contributed by atoms with van der Waals surface area (Å²) >= 11 is 0. The van der Waals surface area contributed by atoms with Gasteiger partial charge in [-0.15, -0.1) is 0 Å². The fourth-order valence-electron chi connectivity index (χ4n) is 3.54. The molecule has 0 spiro atoms. The molecule has 0 radical (unpaired) electrons. The third kappa shape index (κ3) is 5.09. The van der Waals surface area contributed by atoms with Crippen LogP contribution in [0.5, 0.6) is 5.75 Å². The Labute approximate surface area is 178 Å². The molecule has 0 aliphatic carbocycles. The summed E-state index contributed by atoms with van der Waals surface area (Å²) in [7, 11) is -2.19. The first-order chi connectivity index (χ1) is 14.5. The van der Waals surface area contributed by atoms with E-state index in [0.717, 1.165) is 36.9 Å². The number of aryl methyl sites for hydroxylation is 1. The van der Waals surface area contributed by atoms with Gasteiger partial charge in [-0.1, -0.05) is 37.6 Å². The lowest BCUT2D eigenvalue weighted by Gasteiger charge is -2.26. The summed E-state index contributed by atoms with van der Waals surface area (Å²) in [5.41, 5.74) is 2.45. The highest BCUT2D eigenvalue weighted by atomic mass is 32.2. The van der Waals surface area contributed by atoms with E-state index in [0.29, 0.717) is 24.4 Å². The van der Waals surface area contributed by atoms with Crippen LogP contribution in [0, 0.1) is 0 Å². The van der Waals surface area contributed by atoms with Gasteiger partial charge in [-0.25, -0.2) is 8.42 Å². The van der Waals surface area contributed by atoms with Gasteiger partial charge in [0, 0.05) is 24.9 Å². The highest BCUT2D eigenvalue weighted by Crippen LogP contribution is 2.30. The predicted molar refractivity (Wildman–Crippen MR) is 119 cm³/mol. The van der Waals surface area contributed by atoms with E-state index in [1.165, 1.54) is 17.5 Å². The monoisotopic (exact) mass is 428 g/mol. The Hall–Kier alpha value is -2.64. The molecule has 2 aromatic rings. The van der Waals surface area contributed by atoms with Crippen molar-refractivity contribution in [3.8, 4) is 5.75 Å². The van der Waals surface area contributed by atoms with E-state index in [-0.39, 0.29) is 10.8 Å². The van der Waals surface area contributed by atoms with Crippen LogP contribution in [0.4, 0.5) is 5.69 Å². The lowest BCUT2D eigenvalue weighted by atomic mass is 10.1. The first kappa shape index (κ1) is 22.1. The zero-order valence-corrected chi connectivity index (χ0v) is 18.2. The Kier molecular flexibility index (Phi) is 7.29. The van der Waals surface area contributed by atoms with Crippen LogP contribution >= 0.6 is 0 Å². The maximum absolute atomic E-state index is 13.1. The summed E-state index contributed by atoms with van der Waals surface area (Å²) in [4.78, 5) is 12.5. The molecule has 1 aliphatic heterocycles. The molecule has 0 unspecified atom stereocenters. The average Bonchev–Trinajstić information content (AvgIpc) is 2.78. The molecule has 1 heterocycles. The van der Waals surface area contributed by atoms with Gasteiger partial charge in [0.05, 0.1) is 7.11 Å². The van der Waals surface area contributed by atoms with Crippen LogP contribution in [-0.2, 0) is 21.2 Å². The van der Waals surface area contributed by atoms with Crippen molar-refractivity contribution in [3.05, 3.63) is 59.7 Å². The molecule has 0 aromatic heterocycles. The standard InChI is InChI=1S/C23H28N2O4S/c1-3-19-9-5-6-10-20(19)24-23(26)14-12-18-11-13-21(29-2)22(17-18)30(27,28)25-15-7-4-8-16-25/h5-6,9-14,17H,3-4,7-8,15-16H2,1-2H3,(H,24,26)/b14-12+. The number of para-hydroxylation sites is 1. The molecule has 1 aliphatic rings. The van der Waals surface area contributed by atoms with Crippen LogP contribution in [0.2, 0.25) is 0 Å². The van der Waals surface area contributed by atoms with Gasteiger partial charge in [0.15, 0.2) is 0 Å². The van der Waals surface area contributed by atoms with Gasteiger partial charge in [0.2, 0.25) is 15.9 Å². The Bertz CT molecular complexity index is 1030. The smallest absolute Gasteiger partial charge is 0.248 e. The first-order valence-corrected chi connectivity index (χ1v) is 11.6. The second-order valence-corrected chi connectivity index (χ2v) is 9.11. The van der Waals surface area contributed by atoms with Gasteiger partial charge in [0.1, 0.15) is 10.6 Å². The molecule has 3 rings (SSSR count). The molecule has 0 atom stereocenters. The molecule has 160 valence electrons. The van der Waals surface area contributed by atoms with Crippen LogP contribution < -0.4 is 10.1 Å². The van der Waals surface area contributed by atoms with E-state index in [2.05, 4.69) is 5.32 Å². The van der Waals surface area contributed by atoms with Crippen LogP contribution in [0.25, 0.3) is 6.08 Å². The number of nitrogens with one attached hydrogen (secondary N) is 1. The molecule has 2 aromatic carbocycles. The number of benzene rings is 2. The van der Waals surface area contributed by atoms with Crippen molar-refractivity contribution in [3.63, 3.8) is 0 Å². The van der Waals surface area contributed by atoms with E-state index in [9.17, 15) is 13.2 Å². The van der Waals surface area contributed by atoms with Crippen molar-refractivity contribution in [2.45, 2.75) is 37.5 Å². The minimum Gasteiger partial charge on any atom is -0.495 e. The molecule has 0 bridgehead atoms. The summed E-state index contributed by atoms with van der Waals surface area (Å²) in [6, 6.07) is 12.6. The lowest BCUT2D eigenvalue weighted by Crippen LogP contribution is -2.35. The summed E-state index contributed by atoms with van der Waals surface area (Å²) in [5, 5.41) is 2.87. The predicted octanol–water partition coefficient (Wildman–Crippen LogP) is 4.08. The van der Waals surface area contributed by atoms with E-state index < -0.39 is 10.0 Å². The van der Waals surface area contributed by atoms with E-state index >= 15 is 0 Å². The Morgan fingerprint density at radius 1 is 1.13 bits per heavy atom. The second-order valence-electron chi connectivity index (χ2n) is 7.21. The van der Waals surface area contributed by atoms with Gasteiger partial charge in [-0.05, 0) is 54.7 Å². The van der Waals surface area contributed by atoms with Crippen LogP contribution in [0.1, 0.15) is 37.3 Å². The number of carbonyl (C=O) groups is 1. The number of sulfonamides is 1. The molecule has 1 saturated heterocycles. The fraction of sp³-hybridized carbons (Fsp3) is 0.348. The molecular weight excluding hydrogens is 400 g/mol. The quantitative estimate of drug-likeness (QED) is 0.674. The number of methoxy groups -OCH3 is 1. The third-order valence-corrected chi connectivity index (χ3v) is 7.12. The molecule has 1 N–H and O–H groups in total. The number of ether oxygens (including phenoxy) is 1. The maximum Gasteiger partial charge on any atom is 0.248 e. The van der Waals surface area contributed by atoms with Gasteiger partial charge in [0.25, 0.3) is 0 Å². The minimum atomic E-state index is -3.65. The van der Waals surface area contributed by atoms with E-state index in [1.54, 1.807) is 24.3 Å². The third-order valence-electron chi connectivity index (χ3n) is 5.20. The summed E-state index contributed by atoms with van der Waals surface area (Å²) in [5.74, 6) is 0.0335. The number of rotatable bonds is 7. The van der Waals surface area contributed by atoms with Gasteiger partial charge in [-0.2, -0.15) is 4.31 Å². The largest absolute Gasteiger partial charge is 0.495 e. The first-order valence-electron chi connectivity index (χ1n) is 10.2. The lowest BCUT2D eigenvalue weighted by molar-refractivity contribution is -0.111. The highest BCUT2D eigenvalue weighted by Gasteiger charge is 2.29. The summed E-state index contributed by atoms with van der Waals surface area (Å²) < 4.78 is 33.0. The topological polar surface area (TPSA) is 75.7 Å². The Morgan fingerprint density at radius 3 is 2.57 bits per heavy atom. The average molecular weight is 429 g/mol. The zero-order chi connectivity index (χ0) is 21.6. The van der Waals surface area contributed by atoms with Crippen molar-refractivity contribution in [1.82, 2.24) is 4.31 Å². The molecule has 1 amide bonds. The number of carbonyl (C=O) groups excluding carboxylic acids is 1. The second kappa shape index (κ2) is 9.91. The van der Waals surface area contributed by atoms with Crippen LogP contribution in [0.3, 0.4) is 0 Å². The number of anilines is 1. The van der Waals surface area contributed by atoms with Crippen molar-refractivity contribution in [1.29, 1.82) is 0 Å². The molecule has 7 heteroatoms. The fourth-order valence-corrected chi connectivity index (χ4v) is 5.25. The van der Waals surface area contributed by atoms with E-state index in [4.69, 9.17) is 4.74 Å². The molecule has 30 heavy (non-hydrogen) atoms. The normalized spacial score (nSPS) is 15.3. The Morgan fingerprint density at radius 2 is 1.87 bits per heavy atom. The number of amides is 1. The number of hydrogen-bond donors (Lipinski definition) is 1. The van der Waals surface area contributed by atoms with Gasteiger partial charge < -0.3 is 10.1 Å². The van der Waals surface area contributed by atoms with Crippen LogP contribution in [0.15, 0.2) is 53.4 Å². The van der Waals surface area contributed by atoms with Crippen molar-refractivity contribution in [2.75, 3.05) is 25.5 Å². The van der Waals surface area contributed by atoms with Crippen molar-refractivity contribution < 1.29 is 17.9 Å².